The van der Waals surface area contributed by atoms with Crippen molar-refractivity contribution in [3.05, 3.63) is 82.4 Å². The zero-order chi connectivity index (χ0) is 29.4. The largest absolute Gasteiger partial charge is 0.481 e. The second-order valence-electron chi connectivity index (χ2n) is 8.98. The van der Waals surface area contributed by atoms with Crippen LogP contribution in [-0.2, 0) is 13.1 Å². The molecule has 0 saturated heterocycles. The second-order valence-corrected chi connectivity index (χ2v) is 9.36. The molecule has 216 valence electrons. The molecule has 0 saturated carbocycles. The number of nitrogens with zero attached hydrogens (tertiary/aromatic N) is 2. The Labute approximate surface area is 242 Å². The van der Waals surface area contributed by atoms with E-state index in [1.807, 2.05) is 6.07 Å². The van der Waals surface area contributed by atoms with E-state index in [2.05, 4.69) is 20.6 Å². The summed E-state index contributed by atoms with van der Waals surface area (Å²) in [5.74, 6) is -0.997. The second kappa shape index (κ2) is 14.3. The lowest BCUT2D eigenvalue weighted by Gasteiger charge is -2.15. The molecule has 0 radical (unpaired) electrons. The van der Waals surface area contributed by atoms with E-state index in [1.54, 1.807) is 30.3 Å². The zero-order valence-electron chi connectivity index (χ0n) is 22.7. The van der Waals surface area contributed by atoms with E-state index in [9.17, 15) is 0 Å². The van der Waals surface area contributed by atoms with E-state index in [0.717, 1.165) is 5.56 Å². The molecule has 4 aromatic rings. The van der Waals surface area contributed by atoms with E-state index in [-0.39, 0.29) is 40.9 Å². The van der Waals surface area contributed by atoms with Gasteiger partial charge in [-0.1, -0.05) is 41.9 Å². The van der Waals surface area contributed by atoms with Crippen molar-refractivity contribution in [2.75, 3.05) is 40.5 Å². The monoisotopic (exact) mass is 584 g/mol. The van der Waals surface area contributed by atoms with Crippen LogP contribution >= 0.6 is 11.6 Å². The van der Waals surface area contributed by atoms with Gasteiger partial charge in [0.25, 0.3) is 0 Å². The molecule has 0 amide bonds. The smallest absolute Gasteiger partial charge is 0.218 e. The van der Waals surface area contributed by atoms with Crippen LogP contribution in [0.5, 0.6) is 11.8 Å². The summed E-state index contributed by atoms with van der Waals surface area (Å²) in [6, 6.07) is 14.5. The molecule has 2 aromatic heterocycles. The maximum atomic E-state index is 16.0. The van der Waals surface area contributed by atoms with Gasteiger partial charge in [-0.25, -0.2) is 18.7 Å². The van der Waals surface area contributed by atoms with Crippen molar-refractivity contribution in [1.29, 1.82) is 0 Å². The Morgan fingerprint density at radius 2 is 1.29 bits per heavy atom. The number of aliphatic hydroxyl groups excluding tert-OH is 2. The highest BCUT2D eigenvalue weighted by molar-refractivity contribution is 6.36. The predicted octanol–water partition coefficient (Wildman–Crippen LogP) is 4.59. The number of methoxy groups -OCH3 is 2. The van der Waals surface area contributed by atoms with Gasteiger partial charge in [-0.3, -0.25) is 0 Å². The van der Waals surface area contributed by atoms with Gasteiger partial charge in [0.05, 0.1) is 49.4 Å². The minimum atomic E-state index is -0.819. The molecule has 0 atom stereocenters. The van der Waals surface area contributed by atoms with Gasteiger partial charge >= 0.3 is 0 Å². The number of benzene rings is 2. The number of nitrogens with one attached hydrogen (secondary N) is 2. The molecule has 41 heavy (non-hydrogen) atoms. The van der Waals surface area contributed by atoms with Crippen molar-refractivity contribution in [1.82, 2.24) is 20.6 Å². The molecule has 0 aliphatic rings. The molecule has 8 nitrogen and oxygen atoms in total. The van der Waals surface area contributed by atoms with Gasteiger partial charge in [-0.2, -0.15) is 0 Å². The van der Waals surface area contributed by atoms with Gasteiger partial charge in [0.15, 0.2) is 0 Å². The zero-order valence-corrected chi connectivity index (χ0v) is 23.4. The first-order valence-corrected chi connectivity index (χ1v) is 13.3. The van der Waals surface area contributed by atoms with Crippen LogP contribution in [0.25, 0.3) is 33.6 Å². The van der Waals surface area contributed by atoms with Crippen molar-refractivity contribution >= 4 is 11.6 Å². The van der Waals surface area contributed by atoms with Gasteiger partial charge in [0.2, 0.25) is 11.8 Å². The summed E-state index contributed by atoms with van der Waals surface area (Å²) in [7, 11) is 2.94. The van der Waals surface area contributed by atoms with E-state index >= 15 is 8.78 Å². The minimum Gasteiger partial charge on any atom is -0.481 e. The Bertz CT molecular complexity index is 1510. The van der Waals surface area contributed by atoms with Gasteiger partial charge in [0, 0.05) is 54.0 Å². The SMILES string of the molecule is COc1nc(-c2cccc(-c3ccc(F)c(-c4ccc(CNCCO)c(OC)n4)c3F)c2Cl)ccc1CNCCO. The number of hydrogen-bond acceptors (Lipinski definition) is 8. The van der Waals surface area contributed by atoms with Gasteiger partial charge in [0.1, 0.15) is 11.6 Å². The number of ether oxygens (including phenoxy) is 2. The quantitative estimate of drug-likeness (QED) is 0.169. The Balaban J connectivity index is 1.73. The molecule has 0 bridgehead atoms. The van der Waals surface area contributed by atoms with Crippen molar-refractivity contribution in [2.24, 2.45) is 0 Å². The fourth-order valence-electron chi connectivity index (χ4n) is 4.39. The first-order valence-electron chi connectivity index (χ1n) is 12.9. The highest BCUT2D eigenvalue weighted by atomic mass is 35.5. The molecular weight excluding hydrogens is 554 g/mol. The third-order valence-corrected chi connectivity index (χ3v) is 6.79. The summed E-state index contributed by atoms with van der Waals surface area (Å²) in [5.41, 5.74) is 2.74. The molecule has 11 heteroatoms. The van der Waals surface area contributed by atoms with Gasteiger partial charge in [-0.05, 0) is 24.3 Å². The van der Waals surface area contributed by atoms with E-state index in [1.165, 1.54) is 32.4 Å². The normalized spacial score (nSPS) is 11.1. The number of hydrogen-bond donors (Lipinski definition) is 4. The van der Waals surface area contributed by atoms with Crippen LogP contribution < -0.4 is 20.1 Å². The fourth-order valence-corrected chi connectivity index (χ4v) is 4.71. The van der Waals surface area contributed by atoms with Crippen LogP contribution in [0.3, 0.4) is 0 Å². The molecule has 0 aliphatic heterocycles. The van der Waals surface area contributed by atoms with Crippen molar-refractivity contribution in [3.63, 3.8) is 0 Å². The summed E-state index contributed by atoms with van der Waals surface area (Å²) in [6.07, 6.45) is 0. The Hall–Kier alpha value is -3.67. The minimum absolute atomic E-state index is 0.00963. The lowest BCUT2D eigenvalue weighted by molar-refractivity contribution is 0.291. The Kier molecular flexibility index (Phi) is 10.6. The number of aliphatic hydroxyl groups is 2. The van der Waals surface area contributed by atoms with Crippen LogP contribution in [0.15, 0.2) is 54.6 Å². The van der Waals surface area contributed by atoms with E-state index < -0.39 is 11.6 Å². The first-order chi connectivity index (χ1) is 19.9. The van der Waals surface area contributed by atoms with Gasteiger partial charge in [-0.15, -0.1) is 0 Å². The maximum absolute atomic E-state index is 16.0. The number of halogens is 3. The first kappa shape index (κ1) is 30.3. The summed E-state index contributed by atoms with van der Waals surface area (Å²) in [6.45, 7) is 1.60. The Morgan fingerprint density at radius 1 is 0.732 bits per heavy atom. The maximum Gasteiger partial charge on any atom is 0.218 e. The molecule has 4 N–H and O–H groups in total. The summed E-state index contributed by atoms with van der Waals surface area (Å²) in [5, 5.41) is 24.4. The van der Waals surface area contributed by atoms with Crippen molar-refractivity contribution in [3.8, 4) is 45.4 Å². The third kappa shape index (κ3) is 6.80. The number of pyridine rings is 2. The van der Waals surface area contributed by atoms with E-state index in [0.29, 0.717) is 54.4 Å². The molecule has 2 aromatic carbocycles. The predicted molar refractivity (Wildman–Crippen MR) is 154 cm³/mol. The molecule has 0 aliphatic carbocycles. The van der Waals surface area contributed by atoms with Crippen molar-refractivity contribution < 1.29 is 28.5 Å². The topological polar surface area (TPSA) is 109 Å². The average Bonchev–Trinajstić information content (AvgIpc) is 2.98. The van der Waals surface area contributed by atoms with Crippen LogP contribution in [0.2, 0.25) is 5.02 Å². The summed E-state index contributed by atoms with van der Waals surface area (Å²) < 4.78 is 41.9. The van der Waals surface area contributed by atoms with Crippen LogP contribution in [0, 0.1) is 11.6 Å². The standard InChI is InChI=1S/C30H31ClF2N4O4/c1-40-29-18(16-34-12-14-38)6-10-24(36-29)22-5-3-4-20(27(22)31)21-8-9-23(32)26(28(21)33)25-11-7-19(17-35-13-15-39)30(37-25)41-2/h3-11,34-35,38-39H,12-17H2,1-2H3. The molecular formula is C30H31ClF2N4O4. The van der Waals surface area contributed by atoms with Gasteiger partial charge < -0.3 is 30.3 Å². The highest BCUT2D eigenvalue weighted by Gasteiger charge is 2.22. The molecule has 0 fully saturated rings. The Morgan fingerprint density at radius 3 is 1.88 bits per heavy atom. The summed E-state index contributed by atoms with van der Waals surface area (Å²) in [4.78, 5) is 8.94. The number of rotatable bonds is 13. The third-order valence-electron chi connectivity index (χ3n) is 6.39. The van der Waals surface area contributed by atoms with Crippen molar-refractivity contribution in [2.45, 2.75) is 13.1 Å². The summed E-state index contributed by atoms with van der Waals surface area (Å²) >= 11 is 6.81. The average molecular weight is 585 g/mol. The molecule has 0 spiro atoms. The molecule has 2 heterocycles. The van der Waals surface area contributed by atoms with Crippen LogP contribution in [0.4, 0.5) is 8.78 Å². The molecule has 0 unspecified atom stereocenters. The fraction of sp³-hybridized carbons (Fsp3) is 0.267. The van der Waals surface area contributed by atoms with Crippen LogP contribution in [0.1, 0.15) is 11.1 Å². The number of aromatic nitrogens is 2. The van der Waals surface area contributed by atoms with E-state index in [4.69, 9.17) is 31.3 Å². The lowest BCUT2D eigenvalue weighted by atomic mass is 9.97. The lowest BCUT2D eigenvalue weighted by Crippen LogP contribution is -2.18. The molecule has 4 rings (SSSR count). The highest BCUT2D eigenvalue weighted by Crippen LogP contribution is 2.40. The van der Waals surface area contributed by atoms with Crippen LogP contribution in [-0.4, -0.2) is 60.7 Å².